The lowest BCUT2D eigenvalue weighted by atomic mass is 10.3. The Hall–Kier alpha value is -1.27. The van der Waals surface area contributed by atoms with E-state index >= 15 is 0 Å². The largest absolute Gasteiger partial charge is 0.258 e. The van der Waals surface area contributed by atoms with Crippen LogP contribution >= 0.6 is 31.9 Å². The van der Waals surface area contributed by atoms with Crippen molar-refractivity contribution in [3.8, 4) is 0 Å². The van der Waals surface area contributed by atoms with Gasteiger partial charge in [-0.05, 0) is 56.1 Å². The SMILES string of the molecule is Brc1ccc(Cn2nnc3c(Br)cccc32)nc1. The van der Waals surface area contributed by atoms with Crippen LogP contribution in [0.4, 0.5) is 0 Å². The Labute approximate surface area is 120 Å². The molecule has 0 N–H and O–H groups in total. The average Bonchev–Trinajstić information content (AvgIpc) is 2.77. The lowest BCUT2D eigenvalue weighted by molar-refractivity contribution is 0.658. The Balaban J connectivity index is 2.00. The summed E-state index contributed by atoms with van der Waals surface area (Å²) >= 11 is 6.84. The molecule has 90 valence electrons. The number of halogens is 2. The molecule has 0 spiro atoms. The van der Waals surface area contributed by atoms with E-state index in [1.54, 1.807) is 6.20 Å². The first-order valence-electron chi connectivity index (χ1n) is 5.32. The summed E-state index contributed by atoms with van der Waals surface area (Å²) in [4.78, 5) is 4.34. The molecule has 4 nitrogen and oxygen atoms in total. The summed E-state index contributed by atoms with van der Waals surface area (Å²) in [5.41, 5.74) is 2.81. The molecule has 2 heterocycles. The van der Waals surface area contributed by atoms with Crippen molar-refractivity contribution in [2.24, 2.45) is 0 Å². The molecule has 0 unspecified atom stereocenters. The van der Waals surface area contributed by atoms with Crippen LogP contribution in [0.1, 0.15) is 5.69 Å². The molecule has 0 aliphatic rings. The van der Waals surface area contributed by atoms with Gasteiger partial charge in [-0.3, -0.25) is 4.98 Å². The van der Waals surface area contributed by atoms with Gasteiger partial charge >= 0.3 is 0 Å². The number of fused-ring (bicyclic) bond motifs is 1. The van der Waals surface area contributed by atoms with E-state index in [2.05, 4.69) is 47.2 Å². The zero-order valence-electron chi connectivity index (χ0n) is 9.22. The summed E-state index contributed by atoms with van der Waals surface area (Å²) in [7, 11) is 0. The first-order chi connectivity index (χ1) is 8.74. The predicted molar refractivity (Wildman–Crippen MR) is 76.3 cm³/mol. The predicted octanol–water partition coefficient (Wildman–Crippen LogP) is 3.40. The van der Waals surface area contributed by atoms with E-state index < -0.39 is 0 Å². The zero-order chi connectivity index (χ0) is 12.5. The van der Waals surface area contributed by atoms with Crippen molar-refractivity contribution in [2.45, 2.75) is 6.54 Å². The maximum atomic E-state index is 4.34. The number of hydrogen-bond acceptors (Lipinski definition) is 3. The van der Waals surface area contributed by atoms with Crippen molar-refractivity contribution in [3.63, 3.8) is 0 Å². The Kier molecular flexibility index (Phi) is 3.13. The van der Waals surface area contributed by atoms with Gasteiger partial charge in [-0.1, -0.05) is 11.3 Å². The number of rotatable bonds is 2. The Morgan fingerprint density at radius 2 is 2.00 bits per heavy atom. The molecule has 18 heavy (non-hydrogen) atoms. The number of nitrogens with zero attached hydrogens (tertiary/aromatic N) is 4. The van der Waals surface area contributed by atoms with E-state index in [0.29, 0.717) is 6.54 Å². The van der Waals surface area contributed by atoms with E-state index in [1.807, 2.05) is 35.0 Å². The third kappa shape index (κ3) is 2.18. The third-order valence-corrected chi connectivity index (χ3v) is 3.71. The van der Waals surface area contributed by atoms with Crippen LogP contribution in [0, 0.1) is 0 Å². The first kappa shape index (κ1) is 11.8. The van der Waals surface area contributed by atoms with Crippen molar-refractivity contribution in [3.05, 3.63) is 51.2 Å². The van der Waals surface area contributed by atoms with Crippen LogP contribution in [0.5, 0.6) is 0 Å². The molecule has 0 saturated carbocycles. The third-order valence-electron chi connectivity index (χ3n) is 2.60. The van der Waals surface area contributed by atoms with Crippen molar-refractivity contribution in [1.82, 2.24) is 20.0 Å². The summed E-state index contributed by atoms with van der Waals surface area (Å²) in [6.07, 6.45) is 1.78. The number of pyridine rings is 1. The van der Waals surface area contributed by atoms with E-state index in [4.69, 9.17) is 0 Å². The topological polar surface area (TPSA) is 43.6 Å². The normalized spacial score (nSPS) is 11.0. The molecule has 0 bridgehead atoms. The fourth-order valence-electron chi connectivity index (χ4n) is 1.73. The molecular formula is C12H8Br2N4. The molecule has 0 fully saturated rings. The molecule has 2 aromatic heterocycles. The fraction of sp³-hybridized carbons (Fsp3) is 0.0833. The summed E-state index contributed by atoms with van der Waals surface area (Å²) < 4.78 is 3.77. The lowest BCUT2D eigenvalue weighted by Crippen LogP contribution is -2.03. The van der Waals surface area contributed by atoms with Crippen molar-refractivity contribution >= 4 is 42.9 Å². The monoisotopic (exact) mass is 366 g/mol. The van der Waals surface area contributed by atoms with Crippen LogP contribution in [0.25, 0.3) is 11.0 Å². The highest BCUT2D eigenvalue weighted by Crippen LogP contribution is 2.21. The maximum Gasteiger partial charge on any atom is 0.127 e. The lowest BCUT2D eigenvalue weighted by Gasteiger charge is -2.02. The summed E-state index contributed by atoms with van der Waals surface area (Å²) in [5.74, 6) is 0. The number of aromatic nitrogens is 4. The molecule has 3 rings (SSSR count). The van der Waals surface area contributed by atoms with Gasteiger partial charge < -0.3 is 0 Å². The molecule has 0 saturated heterocycles. The Morgan fingerprint density at radius 3 is 2.78 bits per heavy atom. The van der Waals surface area contributed by atoms with E-state index in [9.17, 15) is 0 Å². The second-order valence-electron chi connectivity index (χ2n) is 3.82. The molecule has 6 heteroatoms. The van der Waals surface area contributed by atoms with Crippen LogP contribution in [0.2, 0.25) is 0 Å². The summed E-state index contributed by atoms with van der Waals surface area (Å²) in [6, 6.07) is 9.87. The van der Waals surface area contributed by atoms with Crippen LogP contribution in [-0.4, -0.2) is 20.0 Å². The molecule has 3 aromatic rings. The molecular weight excluding hydrogens is 360 g/mol. The van der Waals surface area contributed by atoms with Crippen LogP contribution < -0.4 is 0 Å². The van der Waals surface area contributed by atoms with Crippen molar-refractivity contribution in [1.29, 1.82) is 0 Å². The van der Waals surface area contributed by atoms with Gasteiger partial charge in [0.05, 0.1) is 17.8 Å². The highest BCUT2D eigenvalue weighted by atomic mass is 79.9. The smallest absolute Gasteiger partial charge is 0.127 e. The van der Waals surface area contributed by atoms with Gasteiger partial charge in [-0.25, -0.2) is 4.68 Å². The van der Waals surface area contributed by atoms with Crippen LogP contribution in [-0.2, 0) is 6.54 Å². The number of benzene rings is 1. The molecule has 0 radical (unpaired) electrons. The van der Waals surface area contributed by atoms with Gasteiger partial charge in [-0.15, -0.1) is 5.10 Å². The average molecular weight is 368 g/mol. The molecule has 0 amide bonds. The van der Waals surface area contributed by atoms with E-state index in [0.717, 1.165) is 25.7 Å². The van der Waals surface area contributed by atoms with Crippen molar-refractivity contribution in [2.75, 3.05) is 0 Å². The molecule has 1 aromatic carbocycles. The minimum atomic E-state index is 0.611. The van der Waals surface area contributed by atoms with E-state index in [1.165, 1.54) is 0 Å². The minimum Gasteiger partial charge on any atom is -0.258 e. The van der Waals surface area contributed by atoms with Crippen LogP contribution in [0.15, 0.2) is 45.5 Å². The highest BCUT2D eigenvalue weighted by molar-refractivity contribution is 9.11. The van der Waals surface area contributed by atoms with Gasteiger partial charge in [0.1, 0.15) is 5.52 Å². The van der Waals surface area contributed by atoms with Gasteiger partial charge in [-0.2, -0.15) is 0 Å². The van der Waals surface area contributed by atoms with Gasteiger partial charge in [0.25, 0.3) is 0 Å². The Bertz CT molecular complexity index is 691. The first-order valence-corrected chi connectivity index (χ1v) is 6.91. The zero-order valence-corrected chi connectivity index (χ0v) is 12.4. The van der Waals surface area contributed by atoms with Crippen LogP contribution in [0.3, 0.4) is 0 Å². The van der Waals surface area contributed by atoms with Gasteiger partial charge in [0, 0.05) is 15.1 Å². The Morgan fingerprint density at radius 1 is 1.11 bits per heavy atom. The van der Waals surface area contributed by atoms with E-state index in [-0.39, 0.29) is 0 Å². The highest BCUT2D eigenvalue weighted by Gasteiger charge is 2.07. The van der Waals surface area contributed by atoms with Gasteiger partial charge in [0.15, 0.2) is 0 Å². The number of hydrogen-bond donors (Lipinski definition) is 0. The standard InChI is InChI=1S/C12H8Br2N4/c13-8-4-5-9(15-6-8)7-18-11-3-1-2-10(14)12(11)16-17-18/h1-6H,7H2. The molecule has 0 aliphatic carbocycles. The maximum absolute atomic E-state index is 4.34. The molecule has 0 atom stereocenters. The minimum absolute atomic E-state index is 0.611. The van der Waals surface area contributed by atoms with Crippen molar-refractivity contribution < 1.29 is 0 Å². The summed E-state index contributed by atoms with van der Waals surface area (Å²) in [6.45, 7) is 0.611. The molecule has 0 aliphatic heterocycles. The summed E-state index contributed by atoms with van der Waals surface area (Å²) in [5, 5.41) is 8.32. The second-order valence-corrected chi connectivity index (χ2v) is 5.59. The quantitative estimate of drug-likeness (QED) is 0.697. The fourth-order valence-corrected chi connectivity index (χ4v) is 2.40. The second kappa shape index (κ2) is 4.78. The van der Waals surface area contributed by atoms with Gasteiger partial charge in [0.2, 0.25) is 0 Å².